The Morgan fingerprint density at radius 1 is 1.14 bits per heavy atom. The van der Waals surface area contributed by atoms with Gasteiger partial charge < -0.3 is 5.73 Å². The van der Waals surface area contributed by atoms with Crippen LogP contribution in [0.15, 0.2) is 48.0 Å². The number of rotatable bonds is 4. The molecule has 0 aliphatic heterocycles. The maximum absolute atomic E-state index is 6.24. The summed E-state index contributed by atoms with van der Waals surface area (Å²) in [6, 6.07) is 11.9. The Bertz CT molecular complexity index is 724. The van der Waals surface area contributed by atoms with Crippen molar-refractivity contribution in [3.63, 3.8) is 0 Å². The summed E-state index contributed by atoms with van der Waals surface area (Å²) >= 11 is 1.59. The van der Waals surface area contributed by atoms with Crippen LogP contribution in [0.25, 0.3) is 10.7 Å². The van der Waals surface area contributed by atoms with E-state index in [1.54, 1.807) is 17.5 Å². The van der Waals surface area contributed by atoms with Crippen molar-refractivity contribution in [2.75, 3.05) is 0 Å². The Kier molecular flexibility index (Phi) is 4.03. The molecule has 1 atom stereocenters. The monoisotopic (exact) mass is 296 g/mol. The quantitative estimate of drug-likeness (QED) is 0.803. The number of hydrogen-bond acceptors (Lipinski definition) is 5. The van der Waals surface area contributed by atoms with Gasteiger partial charge in [0.25, 0.3) is 0 Å². The number of hydrogen-bond donors (Lipinski definition) is 1. The zero-order chi connectivity index (χ0) is 14.7. The van der Waals surface area contributed by atoms with E-state index in [0.29, 0.717) is 0 Å². The van der Waals surface area contributed by atoms with Crippen LogP contribution in [0.2, 0.25) is 0 Å². The molecule has 1 unspecified atom stereocenters. The molecule has 0 aliphatic carbocycles. The van der Waals surface area contributed by atoms with E-state index in [0.717, 1.165) is 34.2 Å². The summed E-state index contributed by atoms with van der Waals surface area (Å²) in [6.45, 7) is 1.88. The van der Waals surface area contributed by atoms with Crippen molar-refractivity contribution in [1.29, 1.82) is 0 Å². The van der Waals surface area contributed by atoms with E-state index in [9.17, 15) is 0 Å². The van der Waals surface area contributed by atoms with E-state index in [-0.39, 0.29) is 6.04 Å². The van der Waals surface area contributed by atoms with E-state index in [1.165, 1.54) is 0 Å². The first-order valence-electron chi connectivity index (χ1n) is 6.77. The Morgan fingerprint density at radius 2 is 1.95 bits per heavy atom. The molecule has 0 saturated heterocycles. The van der Waals surface area contributed by atoms with Crippen LogP contribution >= 0.6 is 11.3 Å². The molecule has 106 valence electrons. The van der Waals surface area contributed by atoms with Crippen LogP contribution in [0.3, 0.4) is 0 Å². The molecule has 3 rings (SSSR count). The Labute approximate surface area is 127 Å². The largest absolute Gasteiger partial charge is 0.324 e. The van der Waals surface area contributed by atoms with Gasteiger partial charge in [-0.15, -0.1) is 11.3 Å². The molecule has 21 heavy (non-hydrogen) atoms. The summed E-state index contributed by atoms with van der Waals surface area (Å²) in [5.74, 6) is 0.755. The van der Waals surface area contributed by atoms with Crippen LogP contribution in [0.1, 0.15) is 23.1 Å². The molecule has 2 heterocycles. The topological polar surface area (TPSA) is 64.7 Å². The molecule has 5 heteroatoms. The van der Waals surface area contributed by atoms with Crippen LogP contribution in [0.5, 0.6) is 0 Å². The normalized spacial score (nSPS) is 12.3. The van der Waals surface area contributed by atoms with Gasteiger partial charge in [0, 0.05) is 24.0 Å². The first kappa shape index (κ1) is 13.9. The molecular weight excluding hydrogens is 280 g/mol. The summed E-state index contributed by atoms with van der Waals surface area (Å²) in [7, 11) is 0. The molecule has 0 bridgehead atoms. The first-order chi connectivity index (χ1) is 10.2. The van der Waals surface area contributed by atoms with Crippen LogP contribution < -0.4 is 5.73 Å². The highest BCUT2D eigenvalue weighted by Gasteiger charge is 2.11. The van der Waals surface area contributed by atoms with Crippen LogP contribution in [0, 0.1) is 6.92 Å². The van der Waals surface area contributed by atoms with Crippen molar-refractivity contribution >= 4 is 11.3 Å². The van der Waals surface area contributed by atoms with Gasteiger partial charge in [-0.3, -0.25) is 0 Å². The van der Waals surface area contributed by atoms with Gasteiger partial charge >= 0.3 is 0 Å². The highest BCUT2D eigenvalue weighted by Crippen LogP contribution is 2.24. The third-order valence-corrected chi connectivity index (χ3v) is 4.12. The lowest BCUT2D eigenvalue weighted by atomic mass is 10.0. The van der Waals surface area contributed by atoms with Crippen molar-refractivity contribution in [2.45, 2.75) is 19.4 Å². The lowest BCUT2D eigenvalue weighted by molar-refractivity contribution is 0.710. The van der Waals surface area contributed by atoms with Crippen molar-refractivity contribution in [3.05, 3.63) is 65.1 Å². The van der Waals surface area contributed by atoms with Crippen molar-refractivity contribution in [3.8, 4) is 10.7 Å². The molecule has 0 fully saturated rings. The molecule has 4 nitrogen and oxygen atoms in total. The molecular formula is C16H16N4S. The lowest BCUT2D eigenvalue weighted by Gasteiger charge is -2.09. The fourth-order valence-corrected chi connectivity index (χ4v) is 2.94. The summed E-state index contributed by atoms with van der Waals surface area (Å²) in [5.41, 5.74) is 9.24. The summed E-state index contributed by atoms with van der Waals surface area (Å²) in [4.78, 5) is 13.1. The number of aromatic nitrogens is 3. The Morgan fingerprint density at radius 3 is 2.71 bits per heavy atom. The predicted molar refractivity (Wildman–Crippen MR) is 85.0 cm³/mol. The minimum atomic E-state index is -0.0340. The Balaban J connectivity index is 1.76. The van der Waals surface area contributed by atoms with Crippen LogP contribution in [-0.2, 0) is 6.42 Å². The zero-order valence-corrected chi connectivity index (χ0v) is 12.5. The van der Waals surface area contributed by atoms with Crippen LogP contribution in [-0.4, -0.2) is 15.0 Å². The second kappa shape index (κ2) is 6.11. The molecule has 2 N–H and O–H groups in total. The van der Waals surface area contributed by atoms with Gasteiger partial charge in [0.2, 0.25) is 0 Å². The van der Waals surface area contributed by atoms with E-state index in [1.807, 2.05) is 43.3 Å². The minimum absolute atomic E-state index is 0.0340. The van der Waals surface area contributed by atoms with Gasteiger partial charge in [-0.1, -0.05) is 30.3 Å². The maximum Gasteiger partial charge on any atom is 0.142 e. The van der Waals surface area contributed by atoms with Gasteiger partial charge in [-0.05, 0) is 18.6 Å². The third-order valence-electron chi connectivity index (χ3n) is 3.20. The molecule has 0 spiro atoms. The van der Waals surface area contributed by atoms with Gasteiger partial charge in [0.05, 0.1) is 5.69 Å². The van der Waals surface area contributed by atoms with Gasteiger partial charge in [-0.25, -0.2) is 15.0 Å². The van der Waals surface area contributed by atoms with Crippen molar-refractivity contribution in [2.24, 2.45) is 5.73 Å². The molecule has 1 aromatic carbocycles. The number of nitrogens with zero attached hydrogens (tertiary/aromatic N) is 3. The fourth-order valence-electron chi connectivity index (χ4n) is 2.14. The van der Waals surface area contributed by atoms with E-state index in [2.05, 4.69) is 20.3 Å². The van der Waals surface area contributed by atoms with Gasteiger partial charge in [0.15, 0.2) is 0 Å². The average Bonchev–Trinajstić information content (AvgIpc) is 2.97. The van der Waals surface area contributed by atoms with E-state index >= 15 is 0 Å². The second-order valence-electron chi connectivity index (χ2n) is 4.85. The zero-order valence-electron chi connectivity index (χ0n) is 11.7. The van der Waals surface area contributed by atoms with Crippen molar-refractivity contribution < 1.29 is 0 Å². The summed E-state index contributed by atoms with van der Waals surface area (Å²) in [6.07, 6.45) is 2.49. The average molecular weight is 296 g/mol. The maximum atomic E-state index is 6.24. The molecule has 0 saturated carbocycles. The SMILES string of the molecule is Cc1nccc(-c2nc(CC(N)c3ccccc3)cs2)n1. The number of benzene rings is 1. The number of nitrogens with two attached hydrogens (primary N) is 1. The predicted octanol–water partition coefficient (Wildman–Crippen LogP) is 3.15. The highest BCUT2D eigenvalue weighted by molar-refractivity contribution is 7.13. The second-order valence-corrected chi connectivity index (χ2v) is 5.71. The minimum Gasteiger partial charge on any atom is -0.324 e. The third kappa shape index (κ3) is 3.32. The smallest absolute Gasteiger partial charge is 0.142 e. The molecule has 2 aromatic heterocycles. The molecule has 3 aromatic rings. The standard InChI is InChI=1S/C16H16N4S/c1-11-18-8-7-15(19-11)16-20-13(10-21-16)9-14(17)12-5-3-2-4-6-12/h2-8,10,14H,9,17H2,1H3. The number of thiazole rings is 1. The van der Waals surface area contributed by atoms with Gasteiger partial charge in [0.1, 0.15) is 16.5 Å². The fraction of sp³-hybridized carbons (Fsp3) is 0.188. The van der Waals surface area contributed by atoms with E-state index < -0.39 is 0 Å². The molecule has 0 aliphatic rings. The molecule has 0 amide bonds. The lowest BCUT2D eigenvalue weighted by Crippen LogP contribution is -2.13. The first-order valence-corrected chi connectivity index (χ1v) is 7.65. The molecule has 0 radical (unpaired) electrons. The summed E-state index contributed by atoms with van der Waals surface area (Å²) < 4.78 is 0. The Hall–Kier alpha value is -2.11. The van der Waals surface area contributed by atoms with E-state index in [4.69, 9.17) is 5.73 Å². The van der Waals surface area contributed by atoms with Gasteiger partial charge in [-0.2, -0.15) is 0 Å². The summed E-state index contributed by atoms with van der Waals surface area (Å²) in [5, 5.41) is 2.96. The highest BCUT2D eigenvalue weighted by atomic mass is 32.1. The van der Waals surface area contributed by atoms with Crippen molar-refractivity contribution in [1.82, 2.24) is 15.0 Å². The number of aryl methyl sites for hydroxylation is 1. The van der Waals surface area contributed by atoms with Crippen LogP contribution in [0.4, 0.5) is 0 Å².